The Morgan fingerprint density at radius 3 is 2.59 bits per heavy atom. The van der Waals surface area contributed by atoms with Crippen molar-refractivity contribution in [2.75, 3.05) is 39.6 Å². The molecule has 1 aromatic carbocycles. The number of likely N-dealkylation sites (tertiary alicyclic amines) is 1. The van der Waals surface area contributed by atoms with Crippen LogP contribution in [-0.4, -0.2) is 70.8 Å². The van der Waals surface area contributed by atoms with Crippen molar-refractivity contribution in [1.29, 1.82) is 0 Å². The van der Waals surface area contributed by atoms with Gasteiger partial charge < -0.3 is 19.9 Å². The van der Waals surface area contributed by atoms with Gasteiger partial charge in [0.25, 0.3) is 5.91 Å². The van der Waals surface area contributed by atoms with E-state index in [1.165, 1.54) is 23.1 Å². The van der Waals surface area contributed by atoms with E-state index < -0.39 is 0 Å². The number of hydrogen-bond acceptors (Lipinski definition) is 7. The number of amides is 2. The molecular formula is C23H27ClN6O3S. The summed E-state index contributed by atoms with van der Waals surface area (Å²) in [6, 6.07) is 10.8. The lowest BCUT2D eigenvalue weighted by molar-refractivity contribution is 0.0943. The molecule has 0 aliphatic carbocycles. The van der Waals surface area contributed by atoms with Gasteiger partial charge in [0.2, 0.25) is 5.95 Å². The molecule has 0 unspecified atom stereocenters. The normalized spacial score (nSPS) is 14.2. The van der Waals surface area contributed by atoms with Crippen LogP contribution in [0.1, 0.15) is 39.8 Å². The lowest BCUT2D eigenvalue weighted by atomic mass is 9.96. The van der Waals surface area contributed by atoms with Gasteiger partial charge in [0.05, 0.1) is 23.6 Å². The lowest BCUT2D eigenvalue weighted by Crippen LogP contribution is -2.43. The molecule has 0 radical (unpaired) electrons. The Hall–Kier alpha value is -3.11. The third-order valence-corrected chi connectivity index (χ3v) is 6.95. The quantitative estimate of drug-likeness (QED) is 0.544. The summed E-state index contributed by atoms with van der Waals surface area (Å²) in [5, 5.41) is 7.85. The number of piperidine rings is 1. The number of anilines is 1. The maximum Gasteiger partial charge on any atom is 0.319 e. The van der Waals surface area contributed by atoms with Crippen LogP contribution in [0.15, 0.2) is 36.4 Å². The van der Waals surface area contributed by atoms with E-state index >= 15 is 0 Å². The minimum atomic E-state index is -0.330. The SMILES string of the molecule is COc1ccccc1C(=O)n1nc(C2CCN(C(=O)N(C)C)CC2)nc1NCc1ccc(Cl)s1. The monoisotopic (exact) mass is 502 g/mol. The topological polar surface area (TPSA) is 92.6 Å². The van der Waals surface area contributed by atoms with Crippen LogP contribution in [0.3, 0.4) is 0 Å². The number of methoxy groups -OCH3 is 1. The molecule has 0 spiro atoms. The van der Waals surface area contributed by atoms with E-state index in [-0.39, 0.29) is 17.9 Å². The minimum absolute atomic E-state index is 0.000234. The first-order valence-corrected chi connectivity index (χ1v) is 12.2. The second-order valence-electron chi connectivity index (χ2n) is 8.21. The van der Waals surface area contributed by atoms with Crippen molar-refractivity contribution in [3.05, 3.63) is 57.0 Å². The van der Waals surface area contributed by atoms with E-state index in [1.54, 1.807) is 37.2 Å². The van der Waals surface area contributed by atoms with Crippen molar-refractivity contribution in [2.45, 2.75) is 25.3 Å². The highest BCUT2D eigenvalue weighted by Gasteiger charge is 2.29. The number of rotatable bonds is 6. The molecule has 1 N–H and O–H groups in total. The summed E-state index contributed by atoms with van der Waals surface area (Å²) in [6.07, 6.45) is 1.46. The second-order valence-corrected chi connectivity index (χ2v) is 10.0. The average Bonchev–Trinajstić information content (AvgIpc) is 3.47. The summed E-state index contributed by atoms with van der Waals surface area (Å²) in [4.78, 5) is 34.8. The van der Waals surface area contributed by atoms with Gasteiger partial charge in [-0.3, -0.25) is 4.79 Å². The Bertz CT molecular complexity index is 1170. The maximum absolute atomic E-state index is 13.4. The molecule has 1 fully saturated rings. The van der Waals surface area contributed by atoms with Crippen LogP contribution < -0.4 is 10.1 Å². The summed E-state index contributed by atoms with van der Waals surface area (Å²) < 4.78 is 7.38. The lowest BCUT2D eigenvalue weighted by Gasteiger charge is -2.32. The third-order valence-electron chi connectivity index (χ3n) is 5.72. The Balaban J connectivity index is 1.59. The molecule has 9 nitrogen and oxygen atoms in total. The van der Waals surface area contributed by atoms with Crippen molar-refractivity contribution in [3.8, 4) is 5.75 Å². The van der Waals surface area contributed by atoms with Crippen LogP contribution in [0, 0.1) is 0 Å². The number of nitrogens with one attached hydrogen (secondary N) is 1. The highest BCUT2D eigenvalue weighted by atomic mass is 35.5. The fraction of sp³-hybridized carbons (Fsp3) is 0.391. The molecular weight excluding hydrogens is 476 g/mol. The number of benzene rings is 1. The summed E-state index contributed by atoms with van der Waals surface area (Å²) >= 11 is 7.52. The minimum Gasteiger partial charge on any atom is -0.496 e. The molecule has 1 saturated heterocycles. The third kappa shape index (κ3) is 5.18. The zero-order chi connectivity index (χ0) is 24.2. The second kappa shape index (κ2) is 10.4. The number of ether oxygens (including phenoxy) is 1. The van der Waals surface area contributed by atoms with Gasteiger partial charge in [-0.15, -0.1) is 16.4 Å². The highest BCUT2D eigenvalue weighted by molar-refractivity contribution is 7.16. The summed E-state index contributed by atoms with van der Waals surface area (Å²) in [5.41, 5.74) is 0.398. The highest BCUT2D eigenvalue weighted by Crippen LogP contribution is 2.29. The predicted octanol–water partition coefficient (Wildman–Crippen LogP) is 4.16. The first-order valence-electron chi connectivity index (χ1n) is 11.0. The fourth-order valence-electron chi connectivity index (χ4n) is 3.92. The number of hydrogen-bond donors (Lipinski definition) is 1. The van der Waals surface area contributed by atoms with Crippen molar-refractivity contribution >= 4 is 40.8 Å². The van der Waals surface area contributed by atoms with Crippen LogP contribution in [0.25, 0.3) is 0 Å². The van der Waals surface area contributed by atoms with Crippen LogP contribution in [-0.2, 0) is 6.54 Å². The van der Waals surface area contributed by atoms with Gasteiger partial charge in [-0.2, -0.15) is 9.67 Å². The number of nitrogens with zero attached hydrogens (tertiary/aromatic N) is 5. The number of para-hydroxylation sites is 1. The maximum atomic E-state index is 13.4. The van der Waals surface area contributed by atoms with Gasteiger partial charge in [-0.25, -0.2) is 4.79 Å². The van der Waals surface area contributed by atoms with Crippen LogP contribution in [0.5, 0.6) is 5.75 Å². The Morgan fingerprint density at radius 2 is 1.94 bits per heavy atom. The van der Waals surface area contributed by atoms with Crippen LogP contribution in [0.4, 0.5) is 10.7 Å². The number of halogens is 1. The van der Waals surface area contributed by atoms with Crippen molar-refractivity contribution in [3.63, 3.8) is 0 Å². The molecule has 4 rings (SSSR count). The van der Waals surface area contributed by atoms with E-state index in [4.69, 9.17) is 21.3 Å². The first kappa shape index (κ1) is 24.0. The van der Waals surface area contributed by atoms with Crippen LogP contribution >= 0.6 is 22.9 Å². The molecule has 180 valence electrons. The standard InChI is InChI=1S/C23H27ClN6O3S/c1-28(2)23(32)29-12-10-15(11-13-29)20-26-22(25-14-16-8-9-19(24)34-16)30(27-20)21(31)17-6-4-5-7-18(17)33-3/h4-9,15H,10-14H2,1-3H3,(H,25,26,27). The molecule has 34 heavy (non-hydrogen) atoms. The number of aromatic nitrogens is 3. The number of carbonyl (C=O) groups is 2. The van der Waals surface area contributed by atoms with Gasteiger partial charge in [0.15, 0.2) is 5.82 Å². The zero-order valence-corrected chi connectivity index (χ0v) is 20.9. The van der Waals surface area contributed by atoms with Gasteiger partial charge >= 0.3 is 6.03 Å². The molecule has 1 aliphatic heterocycles. The number of urea groups is 1. The molecule has 0 atom stereocenters. The zero-order valence-electron chi connectivity index (χ0n) is 19.3. The summed E-state index contributed by atoms with van der Waals surface area (Å²) in [7, 11) is 5.03. The predicted molar refractivity (Wildman–Crippen MR) is 132 cm³/mol. The average molecular weight is 503 g/mol. The Kier molecular flexibility index (Phi) is 7.38. The van der Waals surface area contributed by atoms with E-state index in [0.717, 1.165) is 17.7 Å². The van der Waals surface area contributed by atoms with Crippen LogP contribution in [0.2, 0.25) is 4.34 Å². The fourth-order valence-corrected chi connectivity index (χ4v) is 4.94. The first-order chi connectivity index (χ1) is 16.4. The van der Waals surface area contributed by atoms with E-state index in [0.29, 0.717) is 47.1 Å². The van der Waals surface area contributed by atoms with E-state index in [9.17, 15) is 9.59 Å². The van der Waals surface area contributed by atoms with E-state index in [1.807, 2.05) is 23.1 Å². The van der Waals surface area contributed by atoms with Gasteiger partial charge in [-0.05, 0) is 37.1 Å². The van der Waals surface area contributed by atoms with Gasteiger partial charge in [0.1, 0.15) is 5.75 Å². The summed E-state index contributed by atoms with van der Waals surface area (Å²) in [6.45, 7) is 1.70. The molecule has 1 aliphatic rings. The van der Waals surface area contributed by atoms with Crippen molar-refractivity contribution < 1.29 is 14.3 Å². The smallest absolute Gasteiger partial charge is 0.319 e. The largest absolute Gasteiger partial charge is 0.496 e. The molecule has 2 aromatic heterocycles. The van der Waals surface area contributed by atoms with E-state index in [2.05, 4.69) is 10.4 Å². The Morgan fingerprint density at radius 1 is 1.21 bits per heavy atom. The molecule has 11 heteroatoms. The van der Waals surface area contributed by atoms with Gasteiger partial charge in [-0.1, -0.05) is 23.7 Å². The van der Waals surface area contributed by atoms with Crippen molar-refractivity contribution in [1.82, 2.24) is 24.6 Å². The van der Waals surface area contributed by atoms with Gasteiger partial charge in [0, 0.05) is 38.0 Å². The Labute approximate surface area is 207 Å². The molecule has 2 amide bonds. The number of carbonyl (C=O) groups excluding carboxylic acids is 2. The molecule has 3 heterocycles. The van der Waals surface area contributed by atoms with Crippen molar-refractivity contribution in [2.24, 2.45) is 0 Å². The summed E-state index contributed by atoms with van der Waals surface area (Å²) in [5.74, 6) is 1.14. The molecule has 3 aromatic rings. The molecule has 0 bridgehead atoms. The number of thiophene rings is 1. The molecule has 0 saturated carbocycles.